The van der Waals surface area contributed by atoms with E-state index in [1.807, 2.05) is 0 Å². The molecule has 1 saturated carbocycles. The third kappa shape index (κ3) is 0.898. The van der Waals surface area contributed by atoms with Gasteiger partial charge < -0.3 is 4.79 Å². The fourth-order valence-electron chi connectivity index (χ4n) is 2.00. The first-order valence-electron chi connectivity index (χ1n) is 4.02. The summed E-state index contributed by atoms with van der Waals surface area (Å²) in [7, 11) is 0. The van der Waals surface area contributed by atoms with Gasteiger partial charge in [0, 0.05) is 6.42 Å². The van der Waals surface area contributed by atoms with Gasteiger partial charge in [-0.05, 0) is 30.6 Å². The van der Waals surface area contributed by atoms with Gasteiger partial charge in [0.1, 0.15) is 6.29 Å². The summed E-state index contributed by atoms with van der Waals surface area (Å²) in [5.41, 5.74) is 0. The second-order valence-corrected chi connectivity index (χ2v) is 3.39. The highest BCUT2D eigenvalue weighted by molar-refractivity contribution is 5.50. The van der Waals surface area contributed by atoms with Crippen LogP contribution in [0.2, 0.25) is 0 Å². The summed E-state index contributed by atoms with van der Waals surface area (Å²) in [6.45, 7) is 0. The van der Waals surface area contributed by atoms with Crippen LogP contribution in [0.3, 0.4) is 0 Å². The standard InChI is InChI=1S/C9H12O/c10-5-4-7-2-1-3-8-6-9(7)8/h1,3,5,7-9H,2,4,6H2. The van der Waals surface area contributed by atoms with E-state index >= 15 is 0 Å². The highest BCUT2D eigenvalue weighted by Gasteiger charge is 2.42. The molecule has 0 saturated heterocycles. The van der Waals surface area contributed by atoms with Gasteiger partial charge in [-0.15, -0.1) is 0 Å². The van der Waals surface area contributed by atoms with Crippen LogP contribution in [0.4, 0.5) is 0 Å². The fraction of sp³-hybridized carbons (Fsp3) is 0.667. The molecule has 10 heavy (non-hydrogen) atoms. The number of hydrogen-bond donors (Lipinski definition) is 0. The lowest BCUT2D eigenvalue weighted by Gasteiger charge is -2.13. The van der Waals surface area contributed by atoms with E-state index in [1.54, 1.807) is 0 Å². The van der Waals surface area contributed by atoms with Crippen LogP contribution in [0.25, 0.3) is 0 Å². The first-order valence-corrected chi connectivity index (χ1v) is 4.02. The molecule has 2 aliphatic rings. The van der Waals surface area contributed by atoms with Crippen molar-refractivity contribution >= 4 is 6.29 Å². The zero-order chi connectivity index (χ0) is 6.97. The Kier molecular flexibility index (Phi) is 1.37. The third-order valence-electron chi connectivity index (χ3n) is 2.72. The van der Waals surface area contributed by atoms with Gasteiger partial charge in [-0.2, -0.15) is 0 Å². The molecule has 2 aliphatic carbocycles. The van der Waals surface area contributed by atoms with E-state index < -0.39 is 0 Å². The molecule has 0 aromatic rings. The van der Waals surface area contributed by atoms with Crippen LogP contribution in [-0.2, 0) is 4.79 Å². The summed E-state index contributed by atoms with van der Waals surface area (Å²) in [5, 5.41) is 0. The highest BCUT2D eigenvalue weighted by Crippen LogP contribution is 2.50. The second kappa shape index (κ2) is 2.22. The normalized spacial score (nSPS) is 42.6. The topological polar surface area (TPSA) is 17.1 Å². The quantitative estimate of drug-likeness (QED) is 0.418. The first kappa shape index (κ1) is 6.14. The molecule has 0 aliphatic heterocycles. The molecular formula is C9H12O. The Bertz CT molecular complexity index is 172. The molecule has 0 radical (unpaired) electrons. The van der Waals surface area contributed by atoms with E-state index in [2.05, 4.69) is 12.2 Å². The van der Waals surface area contributed by atoms with Crippen LogP contribution in [0.15, 0.2) is 12.2 Å². The molecule has 1 nitrogen and oxygen atoms in total. The Morgan fingerprint density at radius 1 is 1.60 bits per heavy atom. The predicted octanol–water partition coefficient (Wildman–Crippen LogP) is 1.79. The van der Waals surface area contributed by atoms with Crippen LogP contribution in [0.5, 0.6) is 0 Å². The summed E-state index contributed by atoms with van der Waals surface area (Å²) in [4.78, 5) is 10.2. The maximum atomic E-state index is 10.2. The van der Waals surface area contributed by atoms with Gasteiger partial charge in [-0.1, -0.05) is 12.2 Å². The lowest BCUT2D eigenvalue weighted by molar-refractivity contribution is -0.108. The zero-order valence-electron chi connectivity index (χ0n) is 5.99. The molecule has 1 fully saturated rings. The monoisotopic (exact) mass is 136 g/mol. The van der Waals surface area contributed by atoms with Crippen molar-refractivity contribution in [1.29, 1.82) is 0 Å². The van der Waals surface area contributed by atoms with Gasteiger partial charge in [-0.3, -0.25) is 0 Å². The molecule has 0 spiro atoms. The van der Waals surface area contributed by atoms with Gasteiger partial charge in [-0.25, -0.2) is 0 Å². The summed E-state index contributed by atoms with van der Waals surface area (Å²) >= 11 is 0. The average molecular weight is 136 g/mol. The van der Waals surface area contributed by atoms with E-state index in [0.717, 1.165) is 31.0 Å². The Hall–Kier alpha value is -0.590. The summed E-state index contributed by atoms with van der Waals surface area (Å²) in [6.07, 6.45) is 8.88. The summed E-state index contributed by atoms with van der Waals surface area (Å²) < 4.78 is 0. The van der Waals surface area contributed by atoms with Gasteiger partial charge >= 0.3 is 0 Å². The summed E-state index contributed by atoms with van der Waals surface area (Å²) in [5.74, 6) is 2.40. The van der Waals surface area contributed by atoms with E-state index in [1.165, 1.54) is 6.42 Å². The minimum Gasteiger partial charge on any atom is -0.303 e. The SMILES string of the molecule is O=CCC1CC=CC2CC21. The maximum Gasteiger partial charge on any atom is 0.120 e. The predicted molar refractivity (Wildman–Crippen MR) is 39.5 cm³/mol. The Balaban J connectivity index is 1.98. The smallest absolute Gasteiger partial charge is 0.120 e. The van der Waals surface area contributed by atoms with E-state index in [0.29, 0.717) is 5.92 Å². The molecule has 0 N–H and O–H groups in total. The van der Waals surface area contributed by atoms with Crippen LogP contribution in [0, 0.1) is 17.8 Å². The van der Waals surface area contributed by atoms with E-state index in [4.69, 9.17) is 0 Å². The van der Waals surface area contributed by atoms with Crippen molar-refractivity contribution in [1.82, 2.24) is 0 Å². The molecule has 3 atom stereocenters. The Morgan fingerprint density at radius 3 is 3.30 bits per heavy atom. The molecule has 0 bridgehead atoms. The second-order valence-electron chi connectivity index (χ2n) is 3.39. The van der Waals surface area contributed by atoms with Crippen molar-refractivity contribution < 1.29 is 4.79 Å². The van der Waals surface area contributed by atoms with Crippen molar-refractivity contribution in [3.05, 3.63) is 12.2 Å². The number of carbonyl (C=O) groups is 1. The van der Waals surface area contributed by atoms with Crippen LogP contribution < -0.4 is 0 Å². The third-order valence-corrected chi connectivity index (χ3v) is 2.72. The van der Waals surface area contributed by atoms with Gasteiger partial charge in [0.25, 0.3) is 0 Å². The lowest BCUT2D eigenvalue weighted by atomic mass is 9.91. The molecule has 0 amide bonds. The number of aldehydes is 1. The Labute approximate surface area is 61.1 Å². The van der Waals surface area contributed by atoms with Gasteiger partial charge in [0.05, 0.1) is 0 Å². The van der Waals surface area contributed by atoms with Crippen molar-refractivity contribution in [2.75, 3.05) is 0 Å². The molecular weight excluding hydrogens is 124 g/mol. The Morgan fingerprint density at radius 2 is 2.50 bits per heavy atom. The molecule has 0 aromatic heterocycles. The highest BCUT2D eigenvalue weighted by atomic mass is 16.1. The van der Waals surface area contributed by atoms with Crippen molar-refractivity contribution in [3.8, 4) is 0 Å². The average Bonchev–Trinajstić information content (AvgIpc) is 2.67. The number of rotatable bonds is 2. The minimum absolute atomic E-state index is 0.687. The summed E-state index contributed by atoms with van der Waals surface area (Å²) in [6, 6.07) is 0. The minimum atomic E-state index is 0.687. The van der Waals surface area contributed by atoms with E-state index in [-0.39, 0.29) is 0 Å². The van der Waals surface area contributed by atoms with Crippen molar-refractivity contribution in [2.45, 2.75) is 19.3 Å². The van der Waals surface area contributed by atoms with Crippen molar-refractivity contribution in [3.63, 3.8) is 0 Å². The molecule has 0 aromatic carbocycles. The maximum absolute atomic E-state index is 10.2. The molecule has 54 valence electrons. The van der Waals surface area contributed by atoms with Gasteiger partial charge in [0.15, 0.2) is 0 Å². The lowest BCUT2D eigenvalue weighted by Crippen LogP contribution is -2.06. The van der Waals surface area contributed by atoms with Crippen LogP contribution in [0.1, 0.15) is 19.3 Å². The first-order chi connectivity index (χ1) is 4.92. The number of carbonyl (C=O) groups excluding carboxylic acids is 1. The molecule has 3 unspecified atom stereocenters. The number of hydrogen-bond acceptors (Lipinski definition) is 1. The molecule has 1 heteroatoms. The number of allylic oxidation sites excluding steroid dienone is 2. The van der Waals surface area contributed by atoms with Gasteiger partial charge in [0.2, 0.25) is 0 Å². The fourth-order valence-corrected chi connectivity index (χ4v) is 2.00. The number of fused-ring (bicyclic) bond motifs is 1. The molecule has 0 heterocycles. The largest absolute Gasteiger partial charge is 0.303 e. The van der Waals surface area contributed by atoms with Crippen LogP contribution in [-0.4, -0.2) is 6.29 Å². The van der Waals surface area contributed by atoms with E-state index in [9.17, 15) is 4.79 Å². The van der Waals surface area contributed by atoms with Crippen molar-refractivity contribution in [2.24, 2.45) is 17.8 Å². The van der Waals surface area contributed by atoms with Crippen LogP contribution >= 0.6 is 0 Å². The molecule has 2 rings (SSSR count). The zero-order valence-corrected chi connectivity index (χ0v) is 5.99.